The minimum atomic E-state index is -0.831. The number of amides is 2. The fraction of sp³-hybridized carbons (Fsp3) is 0.667. The Morgan fingerprint density at radius 2 is 2.04 bits per heavy atom. The maximum absolute atomic E-state index is 13.1. The Morgan fingerprint density at radius 3 is 2.68 bits per heavy atom. The van der Waals surface area contributed by atoms with Crippen LogP contribution in [0.15, 0.2) is 23.5 Å². The lowest BCUT2D eigenvalue weighted by Gasteiger charge is -2.29. The third-order valence-electron chi connectivity index (χ3n) is 6.14. The summed E-state index contributed by atoms with van der Waals surface area (Å²) in [7, 11) is 0. The zero-order valence-corrected chi connectivity index (χ0v) is 16.8. The number of nitrogens with zero attached hydrogens (tertiary/aromatic N) is 1. The van der Waals surface area contributed by atoms with Crippen molar-refractivity contribution < 1.29 is 28.6 Å². The smallest absolute Gasteiger partial charge is 0.417 e. The van der Waals surface area contributed by atoms with Gasteiger partial charge in [-0.15, -0.1) is 0 Å². The predicted molar refractivity (Wildman–Crippen MR) is 98.6 cm³/mol. The van der Waals surface area contributed by atoms with Gasteiger partial charge in [-0.2, -0.15) is 0 Å². The second-order valence-electron chi connectivity index (χ2n) is 9.18. The first-order valence-corrected chi connectivity index (χ1v) is 9.97. The van der Waals surface area contributed by atoms with Crippen LogP contribution in [0.1, 0.15) is 53.4 Å². The van der Waals surface area contributed by atoms with E-state index in [-0.39, 0.29) is 17.9 Å². The third-order valence-corrected chi connectivity index (χ3v) is 6.14. The molecule has 0 unspecified atom stereocenters. The van der Waals surface area contributed by atoms with E-state index in [1.165, 1.54) is 11.2 Å². The second-order valence-corrected chi connectivity index (χ2v) is 9.18. The Bertz CT molecular complexity index is 776. The zero-order valence-electron chi connectivity index (χ0n) is 16.8. The molecule has 4 rings (SSSR count). The molecule has 0 spiro atoms. The van der Waals surface area contributed by atoms with Gasteiger partial charge in [0, 0.05) is 17.6 Å². The molecule has 2 saturated carbocycles. The van der Waals surface area contributed by atoms with Crippen LogP contribution in [0.25, 0.3) is 0 Å². The van der Waals surface area contributed by atoms with Crippen molar-refractivity contribution in [2.45, 2.75) is 71.3 Å². The summed E-state index contributed by atoms with van der Waals surface area (Å²) in [4.78, 5) is 38.8. The van der Waals surface area contributed by atoms with Gasteiger partial charge in [0.2, 0.25) is 0 Å². The number of cyclic esters (lactones) is 1. The molecular weight excluding hydrogens is 362 g/mol. The van der Waals surface area contributed by atoms with E-state index in [2.05, 4.69) is 0 Å². The molecule has 28 heavy (non-hydrogen) atoms. The number of fused-ring (bicyclic) bond motifs is 3. The number of ether oxygens (including phenoxy) is 3. The highest BCUT2D eigenvalue weighted by Crippen LogP contribution is 2.54. The van der Waals surface area contributed by atoms with Crippen molar-refractivity contribution in [2.24, 2.45) is 17.8 Å². The largest absolute Gasteiger partial charge is 0.458 e. The van der Waals surface area contributed by atoms with E-state index in [0.717, 1.165) is 25.7 Å². The summed E-state index contributed by atoms with van der Waals surface area (Å²) in [6, 6.07) is -0.173. The molecule has 2 heterocycles. The first-order chi connectivity index (χ1) is 13.2. The molecule has 0 aromatic carbocycles. The van der Waals surface area contributed by atoms with Gasteiger partial charge < -0.3 is 14.2 Å². The zero-order chi connectivity index (χ0) is 20.2. The first kappa shape index (κ1) is 19.0. The quantitative estimate of drug-likeness (QED) is 0.409. The number of carbonyl (C=O) groups excluding carboxylic acids is 3. The molecule has 4 aliphatic rings. The second kappa shape index (κ2) is 6.64. The lowest BCUT2D eigenvalue weighted by Crippen LogP contribution is -2.45. The first-order valence-electron chi connectivity index (χ1n) is 9.97. The fourth-order valence-corrected chi connectivity index (χ4v) is 5.05. The van der Waals surface area contributed by atoms with Gasteiger partial charge in [-0.05, 0) is 52.4 Å². The van der Waals surface area contributed by atoms with Gasteiger partial charge in [0.25, 0.3) is 12.2 Å². The number of carbonyl (C=O) groups is 3. The number of esters is 1. The molecule has 7 heteroatoms. The van der Waals surface area contributed by atoms with E-state index in [1.807, 2.05) is 0 Å². The molecule has 5 atom stereocenters. The summed E-state index contributed by atoms with van der Waals surface area (Å²) in [6.07, 6.45) is 5.69. The van der Waals surface area contributed by atoms with E-state index in [4.69, 9.17) is 14.2 Å². The van der Waals surface area contributed by atoms with Gasteiger partial charge in [-0.1, -0.05) is 12.8 Å². The number of rotatable bonds is 2. The van der Waals surface area contributed by atoms with Crippen LogP contribution < -0.4 is 0 Å². The van der Waals surface area contributed by atoms with Crippen LogP contribution in [0.3, 0.4) is 0 Å². The van der Waals surface area contributed by atoms with E-state index < -0.39 is 24.0 Å². The highest BCUT2D eigenvalue weighted by Gasteiger charge is 2.58. The van der Waals surface area contributed by atoms with Crippen molar-refractivity contribution in [1.29, 1.82) is 0 Å². The molecule has 0 bridgehead atoms. The van der Waals surface area contributed by atoms with Crippen LogP contribution in [-0.2, 0) is 23.8 Å². The highest BCUT2D eigenvalue weighted by atomic mass is 16.7. The number of hydrogen-bond acceptors (Lipinski definition) is 6. The van der Waals surface area contributed by atoms with Gasteiger partial charge in [0.1, 0.15) is 5.60 Å². The summed E-state index contributed by atoms with van der Waals surface area (Å²) in [5, 5.41) is 0. The van der Waals surface area contributed by atoms with E-state index in [0.29, 0.717) is 23.0 Å². The molecule has 3 fully saturated rings. The summed E-state index contributed by atoms with van der Waals surface area (Å²) >= 11 is 0. The van der Waals surface area contributed by atoms with Crippen molar-refractivity contribution in [1.82, 2.24) is 4.90 Å². The molecular formula is C21H27NO6. The fourth-order valence-electron chi connectivity index (χ4n) is 5.05. The Hall–Kier alpha value is -2.31. The van der Waals surface area contributed by atoms with Crippen molar-refractivity contribution in [3.05, 3.63) is 23.5 Å². The van der Waals surface area contributed by atoms with Crippen LogP contribution in [0.5, 0.6) is 0 Å². The number of hydrogen-bond donors (Lipinski definition) is 0. The lowest BCUT2D eigenvalue weighted by molar-refractivity contribution is -0.152. The normalized spacial score (nSPS) is 35.7. The molecule has 2 aliphatic heterocycles. The number of likely N-dealkylation sites (tertiary alicyclic amines) is 1. The Balaban J connectivity index is 1.59. The van der Waals surface area contributed by atoms with E-state index in [9.17, 15) is 14.4 Å². The van der Waals surface area contributed by atoms with Gasteiger partial charge >= 0.3 is 12.1 Å². The predicted octanol–water partition coefficient (Wildman–Crippen LogP) is 3.30. The molecule has 0 N–H and O–H groups in total. The van der Waals surface area contributed by atoms with Crippen molar-refractivity contribution >= 4 is 18.0 Å². The SMILES string of the molecule is CC1=C[C@H](O/C=C2/C(=O)N(C(=O)OC(C)(C)C)[C@@H]3[C@H]4CCC[C@H]4C[C@H]23)OC1=O. The maximum Gasteiger partial charge on any atom is 0.417 e. The van der Waals surface area contributed by atoms with Gasteiger partial charge in [-0.25, -0.2) is 14.5 Å². The van der Waals surface area contributed by atoms with Crippen LogP contribution in [0.4, 0.5) is 4.79 Å². The average molecular weight is 389 g/mol. The molecule has 7 nitrogen and oxygen atoms in total. The molecule has 152 valence electrons. The van der Waals surface area contributed by atoms with Gasteiger partial charge in [-0.3, -0.25) is 4.79 Å². The summed E-state index contributed by atoms with van der Waals surface area (Å²) in [5.74, 6) is -0.0105. The monoisotopic (exact) mass is 389 g/mol. The highest BCUT2D eigenvalue weighted by molar-refractivity contribution is 6.05. The summed E-state index contributed by atoms with van der Waals surface area (Å²) < 4.78 is 16.2. The van der Waals surface area contributed by atoms with Crippen LogP contribution in [0.2, 0.25) is 0 Å². The molecule has 0 aromatic rings. The molecule has 2 aliphatic carbocycles. The van der Waals surface area contributed by atoms with E-state index in [1.54, 1.807) is 33.8 Å². The Kier molecular flexibility index (Phi) is 4.51. The average Bonchev–Trinajstić information content (AvgIpc) is 3.28. The maximum atomic E-state index is 13.1. The molecule has 0 aromatic heterocycles. The molecule has 2 amide bonds. The standard InChI is InChI=1S/C21H27NO6/c1-11-8-16(27-19(11)24)26-10-15-14-9-12-6-5-7-13(12)17(14)22(18(15)23)20(25)28-21(2,3)4/h8,10,12-14,16-17H,5-7,9H2,1-4H3/b15-10+/t12-,13-,14+,16+,17+/m0/s1. The minimum absolute atomic E-state index is 0.0579. The van der Waals surface area contributed by atoms with Crippen LogP contribution in [-0.4, -0.2) is 40.8 Å². The Labute approximate surface area is 164 Å². The topological polar surface area (TPSA) is 82.1 Å². The third kappa shape index (κ3) is 3.20. The summed E-state index contributed by atoms with van der Waals surface area (Å²) in [6.45, 7) is 7.02. The summed E-state index contributed by atoms with van der Waals surface area (Å²) in [5.41, 5.74) is 0.272. The van der Waals surface area contributed by atoms with Crippen LogP contribution >= 0.6 is 0 Å². The van der Waals surface area contributed by atoms with E-state index >= 15 is 0 Å². The van der Waals surface area contributed by atoms with Gasteiger partial charge in [0.15, 0.2) is 0 Å². The van der Waals surface area contributed by atoms with Crippen molar-refractivity contribution in [3.8, 4) is 0 Å². The minimum Gasteiger partial charge on any atom is -0.458 e. The van der Waals surface area contributed by atoms with Crippen LogP contribution in [0, 0.1) is 17.8 Å². The molecule has 0 radical (unpaired) electrons. The van der Waals surface area contributed by atoms with Crippen molar-refractivity contribution in [3.63, 3.8) is 0 Å². The van der Waals surface area contributed by atoms with Crippen molar-refractivity contribution in [2.75, 3.05) is 0 Å². The Morgan fingerprint density at radius 1 is 1.29 bits per heavy atom. The lowest BCUT2D eigenvalue weighted by atomic mass is 9.94. The molecule has 1 saturated heterocycles. The van der Waals surface area contributed by atoms with Gasteiger partial charge in [0.05, 0.1) is 17.9 Å². The number of imide groups is 1.